The van der Waals surface area contributed by atoms with Crippen molar-refractivity contribution >= 4 is 17.4 Å². The lowest BCUT2D eigenvalue weighted by Crippen LogP contribution is -2.18. The number of amides is 1. The highest BCUT2D eigenvalue weighted by atomic mass is 19.4. The van der Waals surface area contributed by atoms with Gasteiger partial charge in [0.2, 0.25) is 0 Å². The molecule has 1 aromatic heterocycles. The van der Waals surface area contributed by atoms with Crippen LogP contribution in [0.5, 0.6) is 0 Å². The van der Waals surface area contributed by atoms with Gasteiger partial charge in [0, 0.05) is 6.54 Å². The molecule has 1 heterocycles. The standard InChI is InChI=1S/C17H19F3N4O/c1-11(2)7-8-21-15-10-22-14(9-23-15)16(25)24-13-6-4-3-5-12(13)17(18,19)20/h3-6,9-11H,7-8H2,1-2H3,(H,21,23)(H,24,25). The average Bonchev–Trinajstić information content (AvgIpc) is 2.54. The van der Waals surface area contributed by atoms with Crippen LogP contribution >= 0.6 is 0 Å². The maximum absolute atomic E-state index is 12.9. The monoisotopic (exact) mass is 352 g/mol. The van der Waals surface area contributed by atoms with E-state index in [1.165, 1.54) is 30.6 Å². The van der Waals surface area contributed by atoms with Gasteiger partial charge in [-0.1, -0.05) is 26.0 Å². The van der Waals surface area contributed by atoms with E-state index in [-0.39, 0.29) is 11.4 Å². The third-order valence-corrected chi connectivity index (χ3v) is 3.39. The van der Waals surface area contributed by atoms with E-state index in [9.17, 15) is 18.0 Å². The lowest BCUT2D eigenvalue weighted by atomic mass is 10.1. The van der Waals surface area contributed by atoms with Crippen molar-refractivity contribution in [2.45, 2.75) is 26.4 Å². The van der Waals surface area contributed by atoms with Gasteiger partial charge in [0.05, 0.1) is 23.6 Å². The summed E-state index contributed by atoms with van der Waals surface area (Å²) < 4.78 is 38.8. The Morgan fingerprint density at radius 1 is 1.16 bits per heavy atom. The number of nitrogens with one attached hydrogen (secondary N) is 2. The zero-order chi connectivity index (χ0) is 18.4. The summed E-state index contributed by atoms with van der Waals surface area (Å²) in [6.07, 6.45) is -0.994. The summed E-state index contributed by atoms with van der Waals surface area (Å²) in [6, 6.07) is 4.77. The molecule has 1 amide bonds. The van der Waals surface area contributed by atoms with Crippen molar-refractivity contribution in [2.24, 2.45) is 5.92 Å². The van der Waals surface area contributed by atoms with Crippen molar-refractivity contribution in [1.82, 2.24) is 9.97 Å². The van der Waals surface area contributed by atoms with Crippen LogP contribution in [0.15, 0.2) is 36.7 Å². The fourth-order valence-electron chi connectivity index (χ4n) is 2.05. The minimum Gasteiger partial charge on any atom is -0.369 e. The summed E-state index contributed by atoms with van der Waals surface area (Å²) in [5, 5.41) is 5.30. The third-order valence-electron chi connectivity index (χ3n) is 3.39. The number of hydrogen-bond acceptors (Lipinski definition) is 4. The molecule has 2 N–H and O–H groups in total. The molecule has 8 heteroatoms. The molecule has 0 bridgehead atoms. The van der Waals surface area contributed by atoms with Gasteiger partial charge in [-0.25, -0.2) is 9.97 Å². The minimum atomic E-state index is -4.56. The second-order valence-corrected chi connectivity index (χ2v) is 5.89. The number of anilines is 2. The van der Waals surface area contributed by atoms with Gasteiger partial charge < -0.3 is 10.6 Å². The summed E-state index contributed by atoms with van der Waals surface area (Å²) >= 11 is 0. The lowest BCUT2D eigenvalue weighted by Gasteiger charge is -2.13. The Bertz CT molecular complexity index is 715. The van der Waals surface area contributed by atoms with Crippen LogP contribution in [0.25, 0.3) is 0 Å². The number of carbonyl (C=O) groups excluding carboxylic acids is 1. The molecule has 0 saturated carbocycles. The predicted octanol–water partition coefficient (Wildman–Crippen LogP) is 4.21. The van der Waals surface area contributed by atoms with Gasteiger partial charge in [-0.05, 0) is 24.5 Å². The van der Waals surface area contributed by atoms with E-state index in [1.807, 2.05) is 0 Å². The number of nitrogens with zero attached hydrogens (tertiary/aromatic N) is 2. The Morgan fingerprint density at radius 3 is 2.48 bits per heavy atom. The molecule has 0 aliphatic rings. The summed E-state index contributed by atoms with van der Waals surface area (Å²) in [5.41, 5.74) is -1.30. The first-order chi connectivity index (χ1) is 11.8. The summed E-state index contributed by atoms with van der Waals surface area (Å²) in [4.78, 5) is 20.1. The van der Waals surface area contributed by atoms with Crippen molar-refractivity contribution < 1.29 is 18.0 Å². The normalized spacial score (nSPS) is 11.4. The molecule has 0 aliphatic heterocycles. The van der Waals surface area contributed by atoms with E-state index in [2.05, 4.69) is 34.4 Å². The predicted molar refractivity (Wildman–Crippen MR) is 89.4 cm³/mol. The second-order valence-electron chi connectivity index (χ2n) is 5.89. The molecule has 5 nitrogen and oxygen atoms in total. The number of alkyl halides is 3. The molecule has 0 saturated heterocycles. The SMILES string of the molecule is CC(C)CCNc1cnc(C(=O)Nc2ccccc2C(F)(F)F)cn1. The molecule has 2 aromatic rings. The Hall–Kier alpha value is -2.64. The molecule has 25 heavy (non-hydrogen) atoms. The molecule has 2 rings (SSSR count). The molecule has 0 unspecified atom stereocenters. The first-order valence-electron chi connectivity index (χ1n) is 7.81. The van der Waals surface area contributed by atoms with E-state index in [4.69, 9.17) is 0 Å². The second kappa shape index (κ2) is 7.96. The van der Waals surface area contributed by atoms with Crippen LogP contribution in [0.2, 0.25) is 0 Å². The molecule has 1 aromatic carbocycles. The Labute approximate surface area is 143 Å². The van der Waals surface area contributed by atoms with Crippen molar-refractivity contribution in [2.75, 3.05) is 17.2 Å². The van der Waals surface area contributed by atoms with Gasteiger partial charge in [-0.3, -0.25) is 4.79 Å². The highest BCUT2D eigenvalue weighted by Crippen LogP contribution is 2.34. The zero-order valence-electron chi connectivity index (χ0n) is 13.9. The number of hydrogen-bond donors (Lipinski definition) is 2. The van der Waals surface area contributed by atoms with E-state index >= 15 is 0 Å². The Balaban J connectivity index is 2.05. The van der Waals surface area contributed by atoms with Crippen LogP contribution in [0.3, 0.4) is 0 Å². The molecule has 0 aliphatic carbocycles. The minimum absolute atomic E-state index is 0.0635. The van der Waals surface area contributed by atoms with Crippen LogP contribution in [-0.2, 0) is 6.18 Å². The molecule has 0 fully saturated rings. The van der Waals surface area contributed by atoms with Crippen LogP contribution < -0.4 is 10.6 Å². The first-order valence-corrected chi connectivity index (χ1v) is 7.81. The topological polar surface area (TPSA) is 66.9 Å². The van der Waals surface area contributed by atoms with Crippen molar-refractivity contribution in [3.8, 4) is 0 Å². The maximum Gasteiger partial charge on any atom is 0.418 e. The smallest absolute Gasteiger partial charge is 0.369 e. The van der Waals surface area contributed by atoms with Gasteiger partial charge in [-0.15, -0.1) is 0 Å². The number of halogens is 3. The van der Waals surface area contributed by atoms with Crippen LogP contribution in [-0.4, -0.2) is 22.4 Å². The van der Waals surface area contributed by atoms with Gasteiger partial charge in [-0.2, -0.15) is 13.2 Å². The molecule has 134 valence electrons. The van der Waals surface area contributed by atoms with Gasteiger partial charge >= 0.3 is 6.18 Å². The first kappa shape index (κ1) is 18.7. The summed E-state index contributed by atoms with van der Waals surface area (Å²) in [7, 11) is 0. The fraction of sp³-hybridized carbons (Fsp3) is 0.353. The maximum atomic E-state index is 12.9. The number of carbonyl (C=O) groups is 1. The highest BCUT2D eigenvalue weighted by molar-refractivity contribution is 6.03. The van der Waals surface area contributed by atoms with Gasteiger partial charge in [0.15, 0.2) is 0 Å². The third kappa shape index (κ3) is 5.44. The van der Waals surface area contributed by atoms with Crippen LogP contribution in [0.1, 0.15) is 36.3 Å². The lowest BCUT2D eigenvalue weighted by molar-refractivity contribution is -0.136. The van der Waals surface area contributed by atoms with Crippen LogP contribution in [0.4, 0.5) is 24.7 Å². The number of benzene rings is 1. The van der Waals surface area contributed by atoms with Crippen molar-refractivity contribution in [3.63, 3.8) is 0 Å². The Kier molecular flexibility index (Phi) is 5.95. The summed E-state index contributed by atoms with van der Waals surface area (Å²) in [5.74, 6) is 0.296. The number of aromatic nitrogens is 2. The number of para-hydroxylation sites is 1. The largest absolute Gasteiger partial charge is 0.418 e. The van der Waals surface area contributed by atoms with E-state index < -0.39 is 17.6 Å². The average molecular weight is 352 g/mol. The van der Waals surface area contributed by atoms with Crippen molar-refractivity contribution in [3.05, 3.63) is 47.9 Å². The number of rotatable bonds is 6. The van der Waals surface area contributed by atoms with Crippen molar-refractivity contribution in [1.29, 1.82) is 0 Å². The van der Waals surface area contributed by atoms with E-state index in [0.717, 1.165) is 19.0 Å². The molecular formula is C17H19F3N4O. The molecule has 0 atom stereocenters. The molecule has 0 spiro atoms. The zero-order valence-corrected chi connectivity index (χ0v) is 13.9. The fourth-order valence-corrected chi connectivity index (χ4v) is 2.05. The Morgan fingerprint density at radius 2 is 1.88 bits per heavy atom. The van der Waals surface area contributed by atoms with Gasteiger partial charge in [0.1, 0.15) is 11.5 Å². The van der Waals surface area contributed by atoms with Gasteiger partial charge in [0.25, 0.3) is 5.91 Å². The summed E-state index contributed by atoms with van der Waals surface area (Å²) in [6.45, 7) is 4.91. The highest BCUT2D eigenvalue weighted by Gasteiger charge is 2.33. The molecular weight excluding hydrogens is 333 g/mol. The van der Waals surface area contributed by atoms with E-state index in [1.54, 1.807) is 0 Å². The quantitative estimate of drug-likeness (QED) is 0.817. The molecule has 0 radical (unpaired) electrons. The van der Waals surface area contributed by atoms with Crippen LogP contribution in [0, 0.1) is 5.92 Å². The van der Waals surface area contributed by atoms with E-state index in [0.29, 0.717) is 11.7 Å².